The van der Waals surface area contributed by atoms with Crippen molar-refractivity contribution >= 4 is 0 Å². The first-order valence-electron chi connectivity index (χ1n) is 5.24. The number of piperidine rings is 1. The fraction of sp³-hybridized carbons (Fsp3) is 1.00. The average molecular weight is 170 g/mol. The van der Waals surface area contributed by atoms with Gasteiger partial charge in [-0.3, -0.25) is 0 Å². The molecule has 1 fully saturated rings. The first-order chi connectivity index (χ1) is 5.83. The maximum Gasteiger partial charge on any atom is 0.000854 e. The molecular formula is C10H22N2. The Balaban J connectivity index is 2.37. The van der Waals surface area contributed by atoms with Crippen LogP contribution in [0.3, 0.4) is 0 Å². The molecule has 1 rings (SSSR count). The molecule has 2 nitrogen and oxygen atoms in total. The molecule has 0 spiro atoms. The van der Waals surface area contributed by atoms with E-state index in [0.717, 1.165) is 6.54 Å². The predicted molar refractivity (Wildman–Crippen MR) is 53.4 cm³/mol. The van der Waals surface area contributed by atoms with Gasteiger partial charge in [-0.05, 0) is 44.3 Å². The average Bonchev–Trinajstić information content (AvgIpc) is 2.16. The first-order valence-corrected chi connectivity index (χ1v) is 5.24. The summed E-state index contributed by atoms with van der Waals surface area (Å²) >= 11 is 0. The maximum atomic E-state index is 3.48. The second-order valence-corrected chi connectivity index (χ2v) is 3.88. The molecule has 0 radical (unpaired) electrons. The molecule has 0 atom stereocenters. The second kappa shape index (κ2) is 4.83. The van der Waals surface area contributed by atoms with E-state index in [1.54, 1.807) is 0 Å². The number of hydrogen-bond donors (Lipinski definition) is 2. The van der Waals surface area contributed by atoms with Crippen molar-refractivity contribution in [1.82, 2.24) is 10.6 Å². The lowest BCUT2D eigenvalue weighted by Gasteiger charge is -2.37. The first kappa shape index (κ1) is 10.0. The normalized spacial score (nSPS) is 22.5. The third-order valence-electron chi connectivity index (χ3n) is 3.16. The van der Waals surface area contributed by atoms with Gasteiger partial charge in [0.25, 0.3) is 0 Å². The standard InChI is InChI=1S/C10H22N2/c1-3-10(9-11-4-2)5-7-12-8-6-10/h11-12H,3-9H2,1-2H3. The number of hydrogen-bond acceptors (Lipinski definition) is 2. The molecule has 2 N–H and O–H groups in total. The van der Waals surface area contributed by atoms with Crippen LogP contribution in [0.4, 0.5) is 0 Å². The topological polar surface area (TPSA) is 24.1 Å². The smallest absolute Gasteiger partial charge is 0.000854 e. The minimum Gasteiger partial charge on any atom is -0.317 e. The maximum absolute atomic E-state index is 3.48. The molecule has 0 aromatic heterocycles. The fourth-order valence-corrected chi connectivity index (χ4v) is 2.00. The fourth-order valence-electron chi connectivity index (χ4n) is 2.00. The van der Waals surface area contributed by atoms with Crippen molar-refractivity contribution in [2.45, 2.75) is 33.1 Å². The van der Waals surface area contributed by atoms with Crippen LogP contribution >= 0.6 is 0 Å². The van der Waals surface area contributed by atoms with E-state index in [-0.39, 0.29) is 0 Å². The summed E-state index contributed by atoms with van der Waals surface area (Å²) in [5.74, 6) is 0. The van der Waals surface area contributed by atoms with Crippen LogP contribution in [-0.4, -0.2) is 26.2 Å². The summed E-state index contributed by atoms with van der Waals surface area (Å²) < 4.78 is 0. The van der Waals surface area contributed by atoms with Crippen LogP contribution in [0.2, 0.25) is 0 Å². The molecule has 0 aliphatic carbocycles. The van der Waals surface area contributed by atoms with Gasteiger partial charge in [-0.1, -0.05) is 13.8 Å². The molecule has 0 aromatic rings. The highest BCUT2D eigenvalue weighted by Gasteiger charge is 2.28. The van der Waals surface area contributed by atoms with E-state index >= 15 is 0 Å². The molecule has 1 saturated heterocycles. The summed E-state index contributed by atoms with van der Waals surface area (Å²) in [6.07, 6.45) is 4.01. The minimum atomic E-state index is 0.598. The third kappa shape index (κ3) is 2.46. The molecule has 72 valence electrons. The Kier molecular flexibility index (Phi) is 4.02. The lowest BCUT2D eigenvalue weighted by molar-refractivity contribution is 0.187. The van der Waals surface area contributed by atoms with E-state index in [9.17, 15) is 0 Å². The van der Waals surface area contributed by atoms with Crippen molar-refractivity contribution in [3.63, 3.8) is 0 Å². The van der Waals surface area contributed by atoms with Crippen molar-refractivity contribution in [1.29, 1.82) is 0 Å². The van der Waals surface area contributed by atoms with Gasteiger partial charge in [0.2, 0.25) is 0 Å². The zero-order valence-electron chi connectivity index (χ0n) is 8.45. The van der Waals surface area contributed by atoms with Crippen molar-refractivity contribution in [2.75, 3.05) is 26.2 Å². The minimum absolute atomic E-state index is 0.598. The molecule has 2 heteroatoms. The van der Waals surface area contributed by atoms with Crippen molar-refractivity contribution < 1.29 is 0 Å². The molecule has 0 bridgehead atoms. The van der Waals surface area contributed by atoms with Crippen LogP contribution in [0.5, 0.6) is 0 Å². The van der Waals surface area contributed by atoms with E-state index in [1.165, 1.54) is 38.9 Å². The Morgan fingerprint density at radius 1 is 1.25 bits per heavy atom. The summed E-state index contributed by atoms with van der Waals surface area (Å²) in [5.41, 5.74) is 0.598. The summed E-state index contributed by atoms with van der Waals surface area (Å²) in [5, 5.41) is 6.90. The molecule has 1 aliphatic heterocycles. The Hall–Kier alpha value is -0.0800. The lowest BCUT2D eigenvalue weighted by atomic mass is 9.76. The summed E-state index contributed by atoms with van der Waals surface area (Å²) in [6.45, 7) is 9.24. The SMILES string of the molecule is CCNCC1(CC)CCNCC1. The van der Waals surface area contributed by atoms with E-state index in [4.69, 9.17) is 0 Å². The Morgan fingerprint density at radius 3 is 2.42 bits per heavy atom. The quantitative estimate of drug-likeness (QED) is 0.666. The van der Waals surface area contributed by atoms with Gasteiger partial charge in [-0.25, -0.2) is 0 Å². The lowest BCUT2D eigenvalue weighted by Crippen LogP contribution is -2.42. The third-order valence-corrected chi connectivity index (χ3v) is 3.16. The van der Waals surface area contributed by atoms with Gasteiger partial charge in [0.05, 0.1) is 0 Å². The van der Waals surface area contributed by atoms with Gasteiger partial charge in [-0.2, -0.15) is 0 Å². The van der Waals surface area contributed by atoms with E-state index < -0.39 is 0 Å². The predicted octanol–water partition coefficient (Wildman–Crippen LogP) is 1.38. The summed E-state index contributed by atoms with van der Waals surface area (Å²) in [6, 6.07) is 0. The Morgan fingerprint density at radius 2 is 1.92 bits per heavy atom. The van der Waals surface area contributed by atoms with Crippen LogP contribution in [0.15, 0.2) is 0 Å². The number of nitrogens with one attached hydrogen (secondary N) is 2. The zero-order valence-corrected chi connectivity index (χ0v) is 8.45. The van der Waals surface area contributed by atoms with Crippen LogP contribution < -0.4 is 10.6 Å². The summed E-state index contributed by atoms with van der Waals surface area (Å²) in [7, 11) is 0. The summed E-state index contributed by atoms with van der Waals surface area (Å²) in [4.78, 5) is 0. The van der Waals surface area contributed by atoms with E-state index in [2.05, 4.69) is 24.5 Å². The molecule has 1 heterocycles. The highest BCUT2D eigenvalue weighted by Crippen LogP contribution is 2.31. The van der Waals surface area contributed by atoms with Crippen LogP contribution in [0, 0.1) is 5.41 Å². The van der Waals surface area contributed by atoms with Gasteiger partial charge in [0.15, 0.2) is 0 Å². The van der Waals surface area contributed by atoms with Crippen molar-refractivity contribution in [2.24, 2.45) is 5.41 Å². The van der Waals surface area contributed by atoms with E-state index in [0.29, 0.717) is 5.41 Å². The molecular weight excluding hydrogens is 148 g/mol. The molecule has 0 aromatic carbocycles. The highest BCUT2D eigenvalue weighted by molar-refractivity contribution is 4.85. The van der Waals surface area contributed by atoms with Gasteiger partial charge in [0.1, 0.15) is 0 Å². The van der Waals surface area contributed by atoms with Gasteiger partial charge >= 0.3 is 0 Å². The number of rotatable bonds is 4. The van der Waals surface area contributed by atoms with Gasteiger partial charge in [-0.15, -0.1) is 0 Å². The zero-order chi connectivity index (χ0) is 8.86. The second-order valence-electron chi connectivity index (χ2n) is 3.88. The van der Waals surface area contributed by atoms with Crippen molar-refractivity contribution in [3.05, 3.63) is 0 Å². The highest BCUT2D eigenvalue weighted by atomic mass is 14.9. The van der Waals surface area contributed by atoms with Crippen LogP contribution in [0.1, 0.15) is 33.1 Å². The van der Waals surface area contributed by atoms with Crippen molar-refractivity contribution in [3.8, 4) is 0 Å². The van der Waals surface area contributed by atoms with Crippen LogP contribution in [0.25, 0.3) is 0 Å². The van der Waals surface area contributed by atoms with E-state index in [1.807, 2.05) is 0 Å². The molecule has 12 heavy (non-hydrogen) atoms. The van der Waals surface area contributed by atoms with Crippen LogP contribution in [-0.2, 0) is 0 Å². The molecule has 1 aliphatic rings. The molecule has 0 saturated carbocycles. The Bertz CT molecular complexity index is 117. The van der Waals surface area contributed by atoms with Gasteiger partial charge < -0.3 is 10.6 Å². The van der Waals surface area contributed by atoms with Gasteiger partial charge in [0, 0.05) is 6.54 Å². The monoisotopic (exact) mass is 170 g/mol. The largest absolute Gasteiger partial charge is 0.317 e. The molecule has 0 unspecified atom stereocenters. The molecule has 0 amide bonds. The Labute approximate surface area is 76.1 Å².